The average Bonchev–Trinajstić information content (AvgIpc) is 2.48. The van der Waals surface area contributed by atoms with Crippen LogP contribution in [-0.4, -0.2) is 23.6 Å². The number of ether oxygens (including phenoxy) is 2. The second kappa shape index (κ2) is 6.73. The summed E-state index contributed by atoms with van der Waals surface area (Å²) < 4.78 is 10.9. The van der Waals surface area contributed by atoms with Gasteiger partial charge >= 0.3 is 0 Å². The van der Waals surface area contributed by atoms with Crippen molar-refractivity contribution in [2.45, 2.75) is 13.8 Å². The van der Waals surface area contributed by atoms with E-state index in [0.717, 1.165) is 22.3 Å². The fourth-order valence-corrected chi connectivity index (χ4v) is 1.97. The molecule has 2 aromatic rings. The number of hydrogen-bond donors (Lipinski definition) is 1. The molecule has 5 heteroatoms. The first-order valence-electron chi connectivity index (χ1n) is 6.56. The maximum atomic E-state index is 5.95. The summed E-state index contributed by atoms with van der Waals surface area (Å²) in [7, 11) is 0. The first-order chi connectivity index (χ1) is 10.2. The van der Waals surface area contributed by atoms with Crippen LogP contribution < -0.4 is 10.5 Å². The van der Waals surface area contributed by atoms with Gasteiger partial charge < -0.3 is 15.2 Å². The van der Waals surface area contributed by atoms with Crippen molar-refractivity contribution in [1.29, 1.82) is 0 Å². The molecule has 0 saturated carbocycles. The van der Waals surface area contributed by atoms with E-state index in [4.69, 9.17) is 21.6 Å². The zero-order valence-electron chi connectivity index (χ0n) is 12.1. The van der Waals surface area contributed by atoms with Gasteiger partial charge in [-0.15, -0.1) is 11.5 Å². The number of benzene rings is 1. The predicted molar refractivity (Wildman–Crippen MR) is 81.7 cm³/mol. The fraction of sp³-hybridized carbons (Fsp3) is 0.250. The van der Waals surface area contributed by atoms with Crippen LogP contribution in [0.25, 0.3) is 11.1 Å². The van der Waals surface area contributed by atoms with Gasteiger partial charge in [0, 0.05) is 23.3 Å². The first-order valence-corrected chi connectivity index (χ1v) is 6.56. The van der Waals surface area contributed by atoms with E-state index in [1.54, 1.807) is 12.3 Å². The smallest absolute Gasteiger partial charge is 0.189 e. The van der Waals surface area contributed by atoms with Gasteiger partial charge in [0.25, 0.3) is 0 Å². The maximum Gasteiger partial charge on any atom is 0.189 e. The fourth-order valence-electron chi connectivity index (χ4n) is 1.97. The summed E-state index contributed by atoms with van der Waals surface area (Å²) in [5.74, 6) is 3.55. The summed E-state index contributed by atoms with van der Waals surface area (Å²) in [5.41, 5.74) is 9.20. The SMILES string of the molecule is C#Cc1ccc(-c2c(C)cnnc2N)c(OCOCC)c1. The number of nitrogen functional groups attached to an aromatic ring is 1. The lowest BCUT2D eigenvalue weighted by atomic mass is 10.00. The molecule has 108 valence electrons. The van der Waals surface area contributed by atoms with E-state index >= 15 is 0 Å². The topological polar surface area (TPSA) is 70.3 Å². The highest BCUT2D eigenvalue weighted by molar-refractivity contribution is 5.81. The molecule has 0 spiro atoms. The van der Waals surface area contributed by atoms with Gasteiger partial charge in [-0.1, -0.05) is 5.92 Å². The monoisotopic (exact) mass is 283 g/mol. The highest BCUT2D eigenvalue weighted by atomic mass is 16.7. The molecular weight excluding hydrogens is 266 g/mol. The molecule has 5 nitrogen and oxygen atoms in total. The van der Waals surface area contributed by atoms with Gasteiger partial charge in [-0.3, -0.25) is 0 Å². The van der Waals surface area contributed by atoms with Crippen LogP contribution in [0, 0.1) is 19.3 Å². The zero-order chi connectivity index (χ0) is 15.2. The van der Waals surface area contributed by atoms with Gasteiger partial charge in [0.2, 0.25) is 0 Å². The summed E-state index contributed by atoms with van der Waals surface area (Å²) in [5, 5.41) is 7.73. The van der Waals surface area contributed by atoms with Crippen LogP contribution in [0.3, 0.4) is 0 Å². The molecule has 0 fully saturated rings. The van der Waals surface area contributed by atoms with E-state index in [1.165, 1.54) is 0 Å². The van der Waals surface area contributed by atoms with Crippen molar-refractivity contribution >= 4 is 5.82 Å². The third-order valence-corrected chi connectivity index (χ3v) is 2.99. The Hall–Kier alpha value is -2.58. The number of aryl methyl sites for hydroxylation is 1. The Kier molecular flexibility index (Phi) is 4.75. The number of nitrogens with zero attached hydrogens (tertiary/aromatic N) is 2. The standard InChI is InChI=1S/C16H17N3O2/c1-4-12-6-7-13(14(8-12)21-10-20-5-2)15-11(3)9-18-19-16(15)17/h1,6-9H,5,10H2,2-3H3,(H2,17,19). The third-order valence-electron chi connectivity index (χ3n) is 2.99. The predicted octanol–water partition coefficient (Wildman–Crippen LogP) is 2.39. The van der Waals surface area contributed by atoms with Crippen molar-refractivity contribution in [3.8, 4) is 29.2 Å². The molecule has 0 saturated heterocycles. The number of anilines is 1. The van der Waals surface area contributed by atoms with Crippen LogP contribution in [-0.2, 0) is 4.74 Å². The minimum Gasteiger partial charge on any atom is -0.467 e. The molecule has 0 unspecified atom stereocenters. The lowest BCUT2D eigenvalue weighted by Crippen LogP contribution is -2.05. The van der Waals surface area contributed by atoms with E-state index in [1.807, 2.05) is 26.0 Å². The Balaban J connectivity index is 2.49. The van der Waals surface area contributed by atoms with Gasteiger partial charge in [0.05, 0.1) is 6.20 Å². The Labute approximate surface area is 124 Å². The van der Waals surface area contributed by atoms with E-state index in [9.17, 15) is 0 Å². The van der Waals surface area contributed by atoms with Crippen LogP contribution in [0.1, 0.15) is 18.1 Å². The quantitative estimate of drug-likeness (QED) is 0.518. The molecule has 0 aliphatic rings. The molecule has 0 amide bonds. The number of hydrogen-bond acceptors (Lipinski definition) is 5. The van der Waals surface area contributed by atoms with Crippen molar-refractivity contribution in [3.63, 3.8) is 0 Å². The highest BCUT2D eigenvalue weighted by Crippen LogP contribution is 2.35. The molecule has 0 bridgehead atoms. The summed E-state index contributed by atoms with van der Waals surface area (Å²) >= 11 is 0. The second-order valence-corrected chi connectivity index (χ2v) is 4.40. The van der Waals surface area contributed by atoms with E-state index in [-0.39, 0.29) is 6.79 Å². The maximum absolute atomic E-state index is 5.95. The Morgan fingerprint density at radius 1 is 1.38 bits per heavy atom. The Bertz CT molecular complexity index is 657. The number of rotatable bonds is 5. The summed E-state index contributed by atoms with van der Waals surface area (Å²) in [4.78, 5) is 0. The first kappa shape index (κ1) is 14.8. The van der Waals surface area contributed by atoms with Crippen molar-refractivity contribution in [2.75, 3.05) is 19.1 Å². The molecule has 21 heavy (non-hydrogen) atoms. The van der Waals surface area contributed by atoms with Crippen LogP contribution in [0.4, 0.5) is 5.82 Å². The summed E-state index contributed by atoms with van der Waals surface area (Å²) in [6, 6.07) is 5.49. The molecule has 2 rings (SSSR count). The van der Waals surface area contributed by atoms with Gasteiger partial charge in [-0.05, 0) is 37.6 Å². The number of aromatic nitrogens is 2. The molecule has 2 N–H and O–H groups in total. The summed E-state index contributed by atoms with van der Waals surface area (Å²) in [6.07, 6.45) is 7.10. The van der Waals surface area contributed by atoms with E-state index in [0.29, 0.717) is 18.2 Å². The van der Waals surface area contributed by atoms with Crippen molar-refractivity contribution in [2.24, 2.45) is 0 Å². The third kappa shape index (κ3) is 3.30. The van der Waals surface area contributed by atoms with Crippen molar-refractivity contribution < 1.29 is 9.47 Å². The van der Waals surface area contributed by atoms with Crippen LogP contribution >= 0.6 is 0 Å². The molecule has 0 atom stereocenters. The number of terminal acetylenes is 1. The number of nitrogens with two attached hydrogens (primary N) is 1. The van der Waals surface area contributed by atoms with Gasteiger partial charge in [0.1, 0.15) is 5.75 Å². The Morgan fingerprint density at radius 2 is 2.19 bits per heavy atom. The Morgan fingerprint density at radius 3 is 2.86 bits per heavy atom. The molecule has 0 aliphatic heterocycles. The molecule has 1 aromatic carbocycles. The second-order valence-electron chi connectivity index (χ2n) is 4.40. The van der Waals surface area contributed by atoms with Gasteiger partial charge in [0.15, 0.2) is 12.6 Å². The summed E-state index contributed by atoms with van der Waals surface area (Å²) in [6.45, 7) is 4.54. The van der Waals surface area contributed by atoms with Gasteiger partial charge in [-0.25, -0.2) is 0 Å². The molecule has 1 heterocycles. The zero-order valence-corrected chi connectivity index (χ0v) is 12.1. The molecular formula is C16H17N3O2. The van der Waals surface area contributed by atoms with E-state index in [2.05, 4.69) is 16.1 Å². The van der Waals surface area contributed by atoms with Crippen molar-refractivity contribution in [1.82, 2.24) is 10.2 Å². The normalized spacial score (nSPS) is 10.1. The lowest BCUT2D eigenvalue weighted by molar-refractivity contribution is 0.0227. The largest absolute Gasteiger partial charge is 0.467 e. The minimum atomic E-state index is 0.148. The van der Waals surface area contributed by atoms with Crippen LogP contribution in [0.5, 0.6) is 5.75 Å². The van der Waals surface area contributed by atoms with E-state index < -0.39 is 0 Å². The minimum absolute atomic E-state index is 0.148. The van der Waals surface area contributed by atoms with Crippen molar-refractivity contribution in [3.05, 3.63) is 35.5 Å². The van der Waals surface area contributed by atoms with Crippen LogP contribution in [0.2, 0.25) is 0 Å². The highest BCUT2D eigenvalue weighted by Gasteiger charge is 2.14. The molecule has 0 radical (unpaired) electrons. The average molecular weight is 283 g/mol. The van der Waals surface area contributed by atoms with Gasteiger partial charge in [-0.2, -0.15) is 5.10 Å². The lowest BCUT2D eigenvalue weighted by Gasteiger charge is -2.14. The molecule has 1 aromatic heterocycles. The molecule has 0 aliphatic carbocycles. The van der Waals surface area contributed by atoms with Crippen LogP contribution in [0.15, 0.2) is 24.4 Å².